The molecule has 4 heteroatoms. The summed E-state index contributed by atoms with van der Waals surface area (Å²) in [6, 6.07) is 7.41. The van der Waals surface area contributed by atoms with Gasteiger partial charge in [-0.05, 0) is 49.0 Å². The van der Waals surface area contributed by atoms with E-state index in [1.165, 1.54) is 25.3 Å². The Balaban J connectivity index is 1.54. The van der Waals surface area contributed by atoms with Crippen LogP contribution in [-0.4, -0.2) is 17.4 Å². The van der Waals surface area contributed by atoms with Crippen molar-refractivity contribution in [2.24, 2.45) is 5.92 Å². The summed E-state index contributed by atoms with van der Waals surface area (Å²) in [7, 11) is 0. The van der Waals surface area contributed by atoms with Crippen LogP contribution in [-0.2, 0) is 16.0 Å². The standard InChI is InChI=1S/C19H24N2O2/c1-2-17(22)20-16-8-4-7-15(11-16)12-18(23)21-19(9-10-19)13-14-5-3-6-14/h2,4,7-8,11,14H,1,3,5-6,9-10,12-13H2,(H,20,22)(H,21,23). The molecule has 1 aromatic carbocycles. The maximum atomic E-state index is 12.3. The second-order valence-corrected chi connectivity index (χ2v) is 6.90. The van der Waals surface area contributed by atoms with Gasteiger partial charge in [0.05, 0.1) is 6.42 Å². The fourth-order valence-electron chi connectivity index (χ4n) is 3.26. The lowest BCUT2D eigenvalue weighted by atomic mass is 9.80. The van der Waals surface area contributed by atoms with E-state index in [1.807, 2.05) is 24.3 Å². The topological polar surface area (TPSA) is 58.2 Å². The fourth-order valence-corrected chi connectivity index (χ4v) is 3.26. The highest BCUT2D eigenvalue weighted by molar-refractivity contribution is 5.98. The largest absolute Gasteiger partial charge is 0.350 e. The third-order valence-corrected chi connectivity index (χ3v) is 4.91. The zero-order chi connectivity index (χ0) is 16.3. The van der Waals surface area contributed by atoms with Crippen molar-refractivity contribution in [3.05, 3.63) is 42.5 Å². The van der Waals surface area contributed by atoms with E-state index in [9.17, 15) is 9.59 Å². The summed E-state index contributed by atoms with van der Waals surface area (Å²) in [5.74, 6) is 0.647. The van der Waals surface area contributed by atoms with Gasteiger partial charge in [-0.15, -0.1) is 0 Å². The molecule has 0 radical (unpaired) electrons. The number of anilines is 1. The molecule has 2 aliphatic rings. The molecule has 2 N–H and O–H groups in total. The first-order chi connectivity index (χ1) is 11.1. The molecular formula is C19H24N2O2. The Kier molecular flexibility index (Phi) is 4.51. The van der Waals surface area contributed by atoms with E-state index in [-0.39, 0.29) is 17.4 Å². The minimum atomic E-state index is -0.246. The third kappa shape index (κ3) is 4.21. The molecule has 0 spiro atoms. The molecule has 2 amide bonds. The average molecular weight is 312 g/mol. The van der Waals surface area contributed by atoms with E-state index >= 15 is 0 Å². The van der Waals surface area contributed by atoms with Crippen LogP contribution in [0.15, 0.2) is 36.9 Å². The number of amides is 2. The van der Waals surface area contributed by atoms with E-state index < -0.39 is 0 Å². The Morgan fingerprint density at radius 3 is 2.70 bits per heavy atom. The highest BCUT2D eigenvalue weighted by atomic mass is 16.2. The number of benzene rings is 1. The Bertz CT molecular complexity index is 616. The quantitative estimate of drug-likeness (QED) is 0.760. The summed E-state index contributed by atoms with van der Waals surface area (Å²) in [6.07, 6.45) is 8.95. The minimum absolute atomic E-state index is 0.0778. The molecule has 4 nitrogen and oxygen atoms in total. The van der Waals surface area contributed by atoms with Crippen LogP contribution in [0.2, 0.25) is 0 Å². The third-order valence-electron chi connectivity index (χ3n) is 4.91. The zero-order valence-electron chi connectivity index (χ0n) is 13.4. The molecule has 0 unspecified atom stereocenters. The lowest BCUT2D eigenvalue weighted by molar-refractivity contribution is -0.121. The first-order valence-electron chi connectivity index (χ1n) is 8.42. The summed E-state index contributed by atoms with van der Waals surface area (Å²) in [5, 5.41) is 5.96. The van der Waals surface area contributed by atoms with Gasteiger partial charge in [0.25, 0.3) is 0 Å². The van der Waals surface area contributed by atoms with E-state index in [0.29, 0.717) is 12.1 Å². The van der Waals surface area contributed by atoms with Crippen molar-refractivity contribution in [3.8, 4) is 0 Å². The van der Waals surface area contributed by atoms with Gasteiger partial charge in [0.15, 0.2) is 0 Å². The predicted octanol–water partition coefficient (Wildman–Crippen LogP) is 3.19. The smallest absolute Gasteiger partial charge is 0.247 e. The summed E-state index contributed by atoms with van der Waals surface area (Å²) < 4.78 is 0. The molecule has 2 aliphatic carbocycles. The van der Waals surface area contributed by atoms with Crippen molar-refractivity contribution < 1.29 is 9.59 Å². The van der Waals surface area contributed by atoms with Gasteiger partial charge in [0.2, 0.25) is 11.8 Å². The van der Waals surface area contributed by atoms with Crippen LogP contribution in [0.3, 0.4) is 0 Å². The van der Waals surface area contributed by atoms with Crippen LogP contribution >= 0.6 is 0 Å². The summed E-state index contributed by atoms with van der Waals surface area (Å²) in [5.41, 5.74) is 1.68. The Labute approximate surface area is 137 Å². The van der Waals surface area contributed by atoms with E-state index in [2.05, 4.69) is 17.2 Å². The van der Waals surface area contributed by atoms with Crippen molar-refractivity contribution in [1.82, 2.24) is 5.32 Å². The summed E-state index contributed by atoms with van der Waals surface area (Å²) in [6.45, 7) is 3.43. The van der Waals surface area contributed by atoms with Gasteiger partial charge >= 0.3 is 0 Å². The molecule has 0 aliphatic heterocycles. The van der Waals surface area contributed by atoms with Crippen LogP contribution < -0.4 is 10.6 Å². The molecule has 0 heterocycles. The highest BCUT2D eigenvalue weighted by Crippen LogP contribution is 2.45. The first kappa shape index (κ1) is 15.8. The minimum Gasteiger partial charge on any atom is -0.350 e. The fraction of sp³-hybridized carbons (Fsp3) is 0.474. The van der Waals surface area contributed by atoms with Crippen molar-refractivity contribution in [1.29, 1.82) is 0 Å². The lowest BCUT2D eigenvalue weighted by Crippen LogP contribution is -2.40. The van der Waals surface area contributed by atoms with Gasteiger partial charge in [-0.2, -0.15) is 0 Å². The Morgan fingerprint density at radius 2 is 2.09 bits per heavy atom. The van der Waals surface area contributed by atoms with Gasteiger partial charge in [-0.3, -0.25) is 9.59 Å². The van der Waals surface area contributed by atoms with Crippen molar-refractivity contribution in [2.75, 3.05) is 5.32 Å². The van der Waals surface area contributed by atoms with Crippen LogP contribution in [0.25, 0.3) is 0 Å². The molecule has 0 saturated heterocycles. The molecule has 0 atom stereocenters. The van der Waals surface area contributed by atoms with Gasteiger partial charge < -0.3 is 10.6 Å². The highest BCUT2D eigenvalue weighted by Gasteiger charge is 2.45. The van der Waals surface area contributed by atoms with E-state index in [4.69, 9.17) is 0 Å². The van der Waals surface area contributed by atoms with Gasteiger partial charge in [0, 0.05) is 11.2 Å². The van der Waals surface area contributed by atoms with Crippen LogP contribution in [0.1, 0.15) is 44.1 Å². The first-order valence-corrected chi connectivity index (χ1v) is 8.42. The maximum Gasteiger partial charge on any atom is 0.247 e. The van der Waals surface area contributed by atoms with Crippen LogP contribution in [0.4, 0.5) is 5.69 Å². The van der Waals surface area contributed by atoms with Crippen LogP contribution in [0.5, 0.6) is 0 Å². The van der Waals surface area contributed by atoms with Crippen molar-refractivity contribution in [2.45, 2.75) is 50.5 Å². The summed E-state index contributed by atoms with van der Waals surface area (Å²) >= 11 is 0. The molecule has 2 saturated carbocycles. The SMILES string of the molecule is C=CC(=O)Nc1cccc(CC(=O)NC2(CC3CCC3)CC2)c1. The molecular weight excluding hydrogens is 288 g/mol. The molecule has 2 fully saturated rings. The number of hydrogen-bond acceptors (Lipinski definition) is 2. The zero-order valence-corrected chi connectivity index (χ0v) is 13.4. The molecule has 3 rings (SSSR count). The molecule has 122 valence electrons. The van der Waals surface area contributed by atoms with Crippen molar-refractivity contribution >= 4 is 17.5 Å². The van der Waals surface area contributed by atoms with Gasteiger partial charge in [-0.1, -0.05) is 38.0 Å². The van der Waals surface area contributed by atoms with Crippen molar-refractivity contribution in [3.63, 3.8) is 0 Å². The van der Waals surface area contributed by atoms with E-state index in [0.717, 1.165) is 30.7 Å². The molecule has 0 aromatic heterocycles. The number of rotatable bonds is 7. The summed E-state index contributed by atoms with van der Waals surface area (Å²) in [4.78, 5) is 23.7. The Morgan fingerprint density at radius 1 is 1.30 bits per heavy atom. The second kappa shape index (κ2) is 6.57. The Hall–Kier alpha value is -2.10. The monoisotopic (exact) mass is 312 g/mol. The van der Waals surface area contributed by atoms with Gasteiger partial charge in [-0.25, -0.2) is 0 Å². The number of nitrogens with one attached hydrogen (secondary N) is 2. The average Bonchev–Trinajstić information content (AvgIpc) is 3.23. The molecule has 0 bridgehead atoms. The lowest BCUT2D eigenvalue weighted by Gasteiger charge is -2.30. The predicted molar refractivity (Wildman–Crippen MR) is 91.0 cm³/mol. The number of hydrogen-bond donors (Lipinski definition) is 2. The number of carbonyl (C=O) groups is 2. The molecule has 1 aromatic rings. The van der Waals surface area contributed by atoms with E-state index in [1.54, 1.807) is 0 Å². The molecule has 23 heavy (non-hydrogen) atoms. The number of carbonyl (C=O) groups excluding carboxylic acids is 2. The second-order valence-electron chi connectivity index (χ2n) is 6.90. The normalized spacial score (nSPS) is 18.6. The van der Waals surface area contributed by atoms with Gasteiger partial charge in [0.1, 0.15) is 0 Å². The van der Waals surface area contributed by atoms with Crippen LogP contribution in [0, 0.1) is 5.92 Å². The maximum absolute atomic E-state index is 12.3.